The minimum Gasteiger partial charge on any atom is -0.423 e. The quantitative estimate of drug-likeness (QED) is 0.418. The molecular weight excluding hydrogens is 195 g/mol. The van der Waals surface area contributed by atoms with Gasteiger partial charge < -0.3 is 4.74 Å². The van der Waals surface area contributed by atoms with Gasteiger partial charge in [-0.25, -0.2) is 9.18 Å². The lowest BCUT2D eigenvalue weighted by molar-refractivity contribution is -0.136. The Labute approximate surface area is 80.3 Å². The van der Waals surface area contributed by atoms with E-state index in [9.17, 15) is 9.18 Å². The van der Waals surface area contributed by atoms with Crippen LogP contribution in [0.2, 0.25) is 0 Å². The summed E-state index contributed by atoms with van der Waals surface area (Å²) >= 11 is 4.88. The first kappa shape index (κ1) is 9.99. The molecule has 0 N–H and O–H groups in total. The van der Waals surface area contributed by atoms with Gasteiger partial charge in [-0.15, -0.1) is 0 Å². The van der Waals surface area contributed by atoms with Crippen molar-refractivity contribution in [2.45, 2.75) is 12.6 Å². The van der Waals surface area contributed by atoms with Crippen LogP contribution in [0.3, 0.4) is 0 Å². The zero-order chi connectivity index (χ0) is 9.84. The Morgan fingerprint density at radius 2 is 2.31 bits per heavy atom. The molecule has 0 amide bonds. The summed E-state index contributed by atoms with van der Waals surface area (Å²) < 4.78 is 16.8. The number of ether oxygens (including phenoxy) is 1. The smallest absolute Gasteiger partial charge is 0.361 e. The average Bonchev–Trinajstić information content (AvgIpc) is 2.04. The van der Waals surface area contributed by atoms with Gasteiger partial charge in [0.15, 0.2) is 0 Å². The monoisotopic (exact) mass is 202 g/mol. The molecule has 4 heteroatoms. The fourth-order valence-electron chi connectivity index (χ4n) is 0.840. The topological polar surface area (TPSA) is 26.3 Å². The third-order valence-electron chi connectivity index (χ3n) is 1.39. The molecule has 1 atom stereocenters. The van der Waals surface area contributed by atoms with Crippen LogP contribution in [-0.2, 0) is 4.79 Å². The highest BCUT2D eigenvalue weighted by Gasteiger charge is 2.15. The van der Waals surface area contributed by atoms with Crippen LogP contribution in [0.4, 0.5) is 4.39 Å². The lowest BCUT2D eigenvalue weighted by atomic mass is 10.2. The maximum absolute atomic E-state index is 12.2. The summed E-state index contributed by atoms with van der Waals surface area (Å²) in [5.41, 5.74) is -1.18. The van der Waals surface area contributed by atoms with E-state index in [1.807, 2.05) is 13.0 Å². The molecule has 0 aliphatic heterocycles. The molecule has 13 heavy (non-hydrogen) atoms. The number of carbonyl (C=O) groups excluding carboxylic acids is 1. The number of hydrogen-bond donors (Lipinski definition) is 0. The molecule has 0 bridgehead atoms. The van der Waals surface area contributed by atoms with Gasteiger partial charge in [-0.3, -0.25) is 0 Å². The molecule has 0 fully saturated rings. The minimum atomic E-state index is -2.11. The van der Waals surface area contributed by atoms with Gasteiger partial charge in [0.25, 0.3) is 5.63 Å². The van der Waals surface area contributed by atoms with Gasteiger partial charge in [-0.1, -0.05) is 23.7 Å². The predicted octanol–water partition coefficient (Wildman–Crippen LogP) is 2.43. The number of halogens is 2. The van der Waals surface area contributed by atoms with E-state index in [2.05, 4.69) is 4.74 Å². The first-order valence-corrected chi connectivity index (χ1v) is 4.10. The number of aryl methyl sites for hydroxylation is 1. The zero-order valence-electron chi connectivity index (χ0n) is 6.96. The molecular formula is C9H8ClFO2. The van der Waals surface area contributed by atoms with E-state index >= 15 is 0 Å². The Kier molecular flexibility index (Phi) is 3.25. The standard InChI is InChI=1S/C9H8ClFO2/c1-6-3-2-4-7(5-6)13-9(12)8(10)11/h2-5,8H,1H3. The molecule has 70 valence electrons. The fourth-order valence-corrected chi connectivity index (χ4v) is 0.884. The summed E-state index contributed by atoms with van der Waals surface area (Å²) in [7, 11) is 0. The maximum Gasteiger partial charge on any atom is 0.361 e. The maximum atomic E-state index is 12.2. The normalized spacial score (nSPS) is 12.2. The van der Waals surface area contributed by atoms with Crippen molar-refractivity contribution in [2.75, 3.05) is 0 Å². The molecule has 2 nitrogen and oxygen atoms in total. The lowest BCUT2D eigenvalue weighted by Crippen LogP contribution is -2.16. The van der Waals surface area contributed by atoms with Crippen LogP contribution in [0.1, 0.15) is 5.56 Å². The van der Waals surface area contributed by atoms with Crippen molar-refractivity contribution in [2.24, 2.45) is 0 Å². The molecule has 0 aliphatic rings. The highest BCUT2D eigenvalue weighted by Crippen LogP contribution is 2.14. The summed E-state index contributed by atoms with van der Waals surface area (Å²) in [6.45, 7) is 1.84. The predicted molar refractivity (Wildman–Crippen MR) is 47.6 cm³/mol. The van der Waals surface area contributed by atoms with Crippen LogP contribution in [0.25, 0.3) is 0 Å². The number of rotatable bonds is 2. The zero-order valence-corrected chi connectivity index (χ0v) is 7.72. The first-order chi connectivity index (χ1) is 6.09. The second kappa shape index (κ2) is 4.23. The number of hydrogen-bond acceptors (Lipinski definition) is 2. The van der Waals surface area contributed by atoms with Gasteiger partial charge in [-0.05, 0) is 24.6 Å². The van der Waals surface area contributed by atoms with Crippen molar-refractivity contribution >= 4 is 17.6 Å². The first-order valence-electron chi connectivity index (χ1n) is 3.66. The number of carbonyl (C=O) groups is 1. The number of esters is 1. The molecule has 0 saturated carbocycles. The van der Waals surface area contributed by atoms with Crippen molar-refractivity contribution in [1.82, 2.24) is 0 Å². The van der Waals surface area contributed by atoms with E-state index in [0.29, 0.717) is 5.75 Å². The Morgan fingerprint density at radius 1 is 1.62 bits per heavy atom. The summed E-state index contributed by atoms with van der Waals surface area (Å²) in [4.78, 5) is 10.7. The van der Waals surface area contributed by atoms with E-state index in [0.717, 1.165) is 5.56 Å². The highest BCUT2D eigenvalue weighted by molar-refractivity contribution is 6.28. The summed E-state index contributed by atoms with van der Waals surface area (Å²) in [6, 6.07) is 6.73. The summed E-state index contributed by atoms with van der Waals surface area (Å²) in [5, 5.41) is 0. The Balaban J connectivity index is 2.69. The summed E-state index contributed by atoms with van der Waals surface area (Å²) in [6.07, 6.45) is 0. The third kappa shape index (κ3) is 3.03. The van der Waals surface area contributed by atoms with Gasteiger partial charge in [0.1, 0.15) is 5.75 Å². The van der Waals surface area contributed by atoms with Crippen LogP contribution >= 0.6 is 11.6 Å². The second-order valence-corrected chi connectivity index (χ2v) is 2.92. The minimum absolute atomic E-state index is 0.299. The van der Waals surface area contributed by atoms with Crippen molar-refractivity contribution in [1.29, 1.82) is 0 Å². The van der Waals surface area contributed by atoms with Crippen LogP contribution in [-0.4, -0.2) is 11.6 Å². The molecule has 0 spiro atoms. The molecule has 1 aromatic carbocycles. The van der Waals surface area contributed by atoms with E-state index in [1.54, 1.807) is 18.2 Å². The number of benzene rings is 1. The van der Waals surface area contributed by atoms with Crippen LogP contribution in [0.5, 0.6) is 5.75 Å². The van der Waals surface area contributed by atoms with Gasteiger partial charge in [-0.2, -0.15) is 0 Å². The van der Waals surface area contributed by atoms with Crippen LogP contribution in [0, 0.1) is 6.92 Å². The Hall–Kier alpha value is -1.09. The highest BCUT2D eigenvalue weighted by atomic mass is 35.5. The van der Waals surface area contributed by atoms with Crippen LogP contribution < -0.4 is 4.74 Å². The Bertz CT molecular complexity index is 312. The lowest BCUT2D eigenvalue weighted by Gasteiger charge is -2.03. The second-order valence-electron chi connectivity index (χ2n) is 2.54. The Morgan fingerprint density at radius 3 is 2.85 bits per heavy atom. The number of alkyl halides is 2. The van der Waals surface area contributed by atoms with Crippen molar-refractivity contribution in [3.63, 3.8) is 0 Å². The SMILES string of the molecule is Cc1cccc(OC(=O)C(F)Cl)c1. The average molecular weight is 203 g/mol. The molecule has 0 heterocycles. The van der Waals surface area contributed by atoms with E-state index in [4.69, 9.17) is 11.6 Å². The fraction of sp³-hybridized carbons (Fsp3) is 0.222. The molecule has 0 aliphatic carbocycles. The van der Waals surface area contributed by atoms with Gasteiger partial charge in [0.2, 0.25) is 0 Å². The van der Waals surface area contributed by atoms with E-state index in [1.165, 1.54) is 0 Å². The molecule has 1 aromatic rings. The molecule has 0 saturated heterocycles. The van der Waals surface area contributed by atoms with Gasteiger partial charge in [0, 0.05) is 0 Å². The molecule has 0 radical (unpaired) electrons. The van der Waals surface area contributed by atoms with Gasteiger partial charge in [0.05, 0.1) is 0 Å². The third-order valence-corrected chi connectivity index (χ3v) is 1.56. The van der Waals surface area contributed by atoms with Crippen molar-refractivity contribution < 1.29 is 13.9 Å². The largest absolute Gasteiger partial charge is 0.423 e. The summed E-state index contributed by atoms with van der Waals surface area (Å²) in [5.74, 6) is -0.791. The van der Waals surface area contributed by atoms with Crippen molar-refractivity contribution in [3.05, 3.63) is 29.8 Å². The van der Waals surface area contributed by atoms with E-state index in [-0.39, 0.29) is 0 Å². The molecule has 0 aromatic heterocycles. The van der Waals surface area contributed by atoms with E-state index < -0.39 is 11.6 Å². The van der Waals surface area contributed by atoms with Crippen molar-refractivity contribution in [3.8, 4) is 5.75 Å². The van der Waals surface area contributed by atoms with Crippen LogP contribution in [0.15, 0.2) is 24.3 Å². The molecule has 1 unspecified atom stereocenters. The van der Waals surface area contributed by atoms with Gasteiger partial charge >= 0.3 is 5.97 Å². The molecule has 1 rings (SSSR count).